The fourth-order valence-electron chi connectivity index (χ4n) is 1.19. The van der Waals surface area contributed by atoms with Crippen molar-refractivity contribution in [2.75, 3.05) is 5.73 Å². The minimum absolute atomic E-state index is 0.720. The Morgan fingerprint density at radius 2 is 2.27 bits per heavy atom. The maximum Gasteiger partial charge on any atom is 0.120 e. The van der Waals surface area contributed by atoms with Crippen molar-refractivity contribution in [3.8, 4) is 0 Å². The number of rotatable bonds is 3. The molecule has 15 heavy (non-hydrogen) atoms. The molecule has 2 rings (SSSR count). The average Bonchev–Trinajstić information content (AvgIpc) is 2.72. The fraction of sp³-hybridized carbons (Fsp3) is 0.182. The van der Waals surface area contributed by atoms with Crippen LogP contribution in [0.25, 0.3) is 0 Å². The fourth-order valence-corrected chi connectivity index (χ4v) is 2.08. The second-order valence-electron chi connectivity index (χ2n) is 3.22. The number of nitrogens with zero attached hydrogens (tertiary/aromatic N) is 1. The van der Waals surface area contributed by atoms with E-state index in [-0.39, 0.29) is 0 Å². The molecule has 2 N–H and O–H groups in total. The minimum atomic E-state index is 0.720. The Kier molecular flexibility index (Phi) is 2.97. The van der Waals surface area contributed by atoms with Crippen LogP contribution in [0.5, 0.6) is 0 Å². The van der Waals surface area contributed by atoms with Crippen LogP contribution in [0.3, 0.4) is 0 Å². The SMILES string of the molecule is Cc1ccc(N)c(SCc2ccco2)n1. The van der Waals surface area contributed by atoms with Crippen molar-refractivity contribution in [1.29, 1.82) is 0 Å². The molecular formula is C11H12N2OS. The molecule has 3 nitrogen and oxygen atoms in total. The molecule has 0 saturated carbocycles. The van der Waals surface area contributed by atoms with E-state index in [0.29, 0.717) is 0 Å². The van der Waals surface area contributed by atoms with Crippen LogP contribution in [0, 0.1) is 6.92 Å². The molecule has 0 radical (unpaired) electrons. The van der Waals surface area contributed by atoms with Gasteiger partial charge in [-0.05, 0) is 31.2 Å². The molecule has 0 atom stereocenters. The first-order valence-corrected chi connectivity index (χ1v) is 5.62. The summed E-state index contributed by atoms with van der Waals surface area (Å²) in [4.78, 5) is 4.37. The summed E-state index contributed by atoms with van der Waals surface area (Å²) in [5.74, 6) is 1.69. The first-order valence-electron chi connectivity index (χ1n) is 4.64. The zero-order chi connectivity index (χ0) is 10.7. The molecule has 78 valence electrons. The molecule has 0 bridgehead atoms. The molecule has 0 amide bonds. The van der Waals surface area contributed by atoms with E-state index in [1.54, 1.807) is 18.0 Å². The lowest BCUT2D eigenvalue weighted by Gasteiger charge is -2.03. The lowest BCUT2D eigenvalue weighted by atomic mass is 10.3. The first-order chi connectivity index (χ1) is 7.25. The Balaban J connectivity index is 2.07. The zero-order valence-electron chi connectivity index (χ0n) is 8.43. The summed E-state index contributed by atoms with van der Waals surface area (Å²) in [6.45, 7) is 1.95. The van der Waals surface area contributed by atoms with E-state index < -0.39 is 0 Å². The molecule has 0 aliphatic carbocycles. The molecule has 0 aliphatic rings. The van der Waals surface area contributed by atoms with Crippen molar-refractivity contribution in [3.63, 3.8) is 0 Å². The van der Waals surface area contributed by atoms with E-state index in [1.807, 2.05) is 31.2 Å². The van der Waals surface area contributed by atoms with Crippen molar-refractivity contribution in [2.24, 2.45) is 0 Å². The second-order valence-corrected chi connectivity index (χ2v) is 4.18. The number of aryl methyl sites for hydroxylation is 1. The Morgan fingerprint density at radius 3 is 3.00 bits per heavy atom. The topological polar surface area (TPSA) is 52.0 Å². The van der Waals surface area contributed by atoms with E-state index in [2.05, 4.69) is 4.98 Å². The van der Waals surface area contributed by atoms with Crippen molar-refractivity contribution in [3.05, 3.63) is 42.0 Å². The summed E-state index contributed by atoms with van der Waals surface area (Å²) < 4.78 is 5.24. The normalized spacial score (nSPS) is 10.5. The van der Waals surface area contributed by atoms with Gasteiger partial charge < -0.3 is 10.2 Å². The predicted molar refractivity (Wildman–Crippen MR) is 61.7 cm³/mol. The van der Waals surface area contributed by atoms with Gasteiger partial charge in [-0.3, -0.25) is 0 Å². The van der Waals surface area contributed by atoms with E-state index in [1.165, 1.54) is 0 Å². The van der Waals surface area contributed by atoms with Crippen LogP contribution < -0.4 is 5.73 Å². The number of hydrogen-bond acceptors (Lipinski definition) is 4. The predicted octanol–water partition coefficient (Wildman–Crippen LogP) is 2.86. The first kappa shape index (κ1) is 10.1. The largest absolute Gasteiger partial charge is 0.468 e. The molecule has 2 aromatic rings. The van der Waals surface area contributed by atoms with Crippen LogP contribution in [0.2, 0.25) is 0 Å². The van der Waals surface area contributed by atoms with Gasteiger partial charge in [0.2, 0.25) is 0 Å². The van der Waals surface area contributed by atoms with Gasteiger partial charge in [-0.25, -0.2) is 4.98 Å². The number of pyridine rings is 1. The molecular weight excluding hydrogens is 208 g/mol. The van der Waals surface area contributed by atoms with Crippen LogP contribution in [0.4, 0.5) is 5.69 Å². The molecule has 2 heterocycles. The molecule has 2 aromatic heterocycles. The van der Waals surface area contributed by atoms with Gasteiger partial charge in [-0.1, -0.05) is 11.8 Å². The third kappa shape index (κ3) is 2.53. The quantitative estimate of drug-likeness (QED) is 0.808. The molecule has 0 saturated heterocycles. The standard InChI is InChI=1S/C11H12N2OS/c1-8-4-5-10(12)11(13-8)15-7-9-3-2-6-14-9/h2-6H,7,12H2,1H3. The smallest absolute Gasteiger partial charge is 0.120 e. The summed E-state index contributed by atoms with van der Waals surface area (Å²) in [6.07, 6.45) is 1.67. The summed E-state index contributed by atoms with van der Waals surface area (Å²) in [6, 6.07) is 7.61. The third-order valence-electron chi connectivity index (χ3n) is 1.96. The Morgan fingerprint density at radius 1 is 1.40 bits per heavy atom. The van der Waals surface area contributed by atoms with Crippen LogP contribution in [-0.2, 0) is 5.75 Å². The van der Waals surface area contributed by atoms with Gasteiger partial charge in [0.05, 0.1) is 17.7 Å². The Labute approximate surface area is 92.7 Å². The van der Waals surface area contributed by atoms with Crippen molar-refractivity contribution < 1.29 is 4.42 Å². The van der Waals surface area contributed by atoms with E-state index in [4.69, 9.17) is 10.2 Å². The number of aromatic nitrogens is 1. The minimum Gasteiger partial charge on any atom is -0.468 e. The highest BCUT2D eigenvalue weighted by molar-refractivity contribution is 7.98. The van der Waals surface area contributed by atoms with E-state index in [9.17, 15) is 0 Å². The highest BCUT2D eigenvalue weighted by Gasteiger charge is 2.03. The maximum atomic E-state index is 5.81. The van der Waals surface area contributed by atoms with E-state index >= 15 is 0 Å². The lowest BCUT2D eigenvalue weighted by Crippen LogP contribution is -1.93. The van der Waals surface area contributed by atoms with Crippen molar-refractivity contribution in [1.82, 2.24) is 4.98 Å². The molecule has 0 spiro atoms. The summed E-state index contributed by atoms with van der Waals surface area (Å²) in [5.41, 5.74) is 7.51. The lowest BCUT2D eigenvalue weighted by molar-refractivity contribution is 0.530. The van der Waals surface area contributed by atoms with Gasteiger partial charge in [-0.15, -0.1) is 0 Å². The Bertz CT molecular complexity index is 440. The van der Waals surface area contributed by atoms with Crippen LogP contribution >= 0.6 is 11.8 Å². The van der Waals surface area contributed by atoms with Crippen molar-refractivity contribution in [2.45, 2.75) is 17.7 Å². The molecule has 0 fully saturated rings. The van der Waals surface area contributed by atoms with Crippen LogP contribution in [-0.4, -0.2) is 4.98 Å². The number of furan rings is 1. The van der Waals surface area contributed by atoms with Gasteiger partial charge in [-0.2, -0.15) is 0 Å². The van der Waals surface area contributed by atoms with Gasteiger partial charge in [0, 0.05) is 5.69 Å². The number of hydrogen-bond donors (Lipinski definition) is 1. The molecule has 0 unspecified atom stereocenters. The summed E-state index contributed by atoms with van der Waals surface area (Å²) >= 11 is 1.59. The third-order valence-corrected chi connectivity index (χ3v) is 2.99. The monoisotopic (exact) mass is 220 g/mol. The van der Waals surface area contributed by atoms with E-state index in [0.717, 1.165) is 27.9 Å². The molecule has 4 heteroatoms. The molecule has 0 aromatic carbocycles. The van der Waals surface area contributed by atoms with Gasteiger partial charge in [0.25, 0.3) is 0 Å². The highest BCUT2D eigenvalue weighted by Crippen LogP contribution is 2.26. The van der Waals surface area contributed by atoms with Gasteiger partial charge >= 0.3 is 0 Å². The summed E-state index contributed by atoms with van der Waals surface area (Å²) in [5, 5.41) is 0.867. The maximum absolute atomic E-state index is 5.81. The Hall–Kier alpha value is -1.42. The number of nitrogens with two attached hydrogens (primary N) is 1. The number of thioether (sulfide) groups is 1. The average molecular weight is 220 g/mol. The summed E-state index contributed by atoms with van der Waals surface area (Å²) in [7, 11) is 0. The van der Waals surface area contributed by atoms with Gasteiger partial charge in [0.1, 0.15) is 10.8 Å². The molecule has 0 aliphatic heterocycles. The van der Waals surface area contributed by atoms with Crippen molar-refractivity contribution >= 4 is 17.4 Å². The number of anilines is 1. The zero-order valence-corrected chi connectivity index (χ0v) is 9.25. The van der Waals surface area contributed by atoms with Crippen LogP contribution in [0.1, 0.15) is 11.5 Å². The second kappa shape index (κ2) is 4.40. The number of nitrogen functional groups attached to an aromatic ring is 1. The highest BCUT2D eigenvalue weighted by atomic mass is 32.2. The van der Waals surface area contributed by atoms with Gasteiger partial charge in [0.15, 0.2) is 0 Å². The van der Waals surface area contributed by atoms with Crippen LogP contribution in [0.15, 0.2) is 40.0 Å².